The summed E-state index contributed by atoms with van der Waals surface area (Å²) >= 11 is 1.71. The molecule has 0 saturated carbocycles. The van der Waals surface area contributed by atoms with Crippen LogP contribution in [0, 0.1) is 0 Å². The molecule has 0 radical (unpaired) electrons. The van der Waals surface area contributed by atoms with Crippen molar-refractivity contribution in [1.82, 2.24) is 10.2 Å². The fraction of sp³-hybridized carbons (Fsp3) is 0.565. The zero-order valence-corrected chi connectivity index (χ0v) is 18.3. The molecule has 29 heavy (non-hydrogen) atoms. The molecule has 5 nitrogen and oxygen atoms in total. The molecule has 0 aliphatic carbocycles. The molecule has 1 saturated heterocycles. The van der Waals surface area contributed by atoms with Crippen LogP contribution in [0.15, 0.2) is 35.0 Å². The Morgan fingerprint density at radius 2 is 1.79 bits per heavy atom. The smallest absolute Gasteiger partial charge is 0.161 e. The summed E-state index contributed by atoms with van der Waals surface area (Å²) in [6, 6.07) is 8.11. The first-order valence-corrected chi connectivity index (χ1v) is 11.6. The first-order chi connectivity index (χ1) is 14.2. The Hall–Kier alpha value is -1.60. The molecule has 0 spiro atoms. The van der Waals surface area contributed by atoms with Crippen LogP contribution in [0.1, 0.15) is 43.2 Å². The summed E-state index contributed by atoms with van der Waals surface area (Å²) in [4.78, 5) is 2.37. The molecule has 0 bridgehead atoms. The SMILES string of the molecule is COc1cc(CNCc2ccsc2)ccc1OC[C@H](O)CN1CCCCCCC1. The standard InChI is InChI=1S/C23H34N2O3S/c1-27-23-13-19(14-24-15-20-9-12-29-18-20)7-8-22(23)28-17-21(26)16-25-10-5-3-2-4-6-11-25/h7-9,12-13,18,21,24,26H,2-6,10-11,14-17H2,1H3/t21-/m1/s1. The van der Waals surface area contributed by atoms with Crippen LogP contribution < -0.4 is 14.8 Å². The van der Waals surface area contributed by atoms with Crippen molar-refractivity contribution in [3.8, 4) is 11.5 Å². The Balaban J connectivity index is 1.45. The monoisotopic (exact) mass is 418 g/mol. The second-order valence-electron chi connectivity index (χ2n) is 7.75. The van der Waals surface area contributed by atoms with E-state index in [9.17, 15) is 5.11 Å². The van der Waals surface area contributed by atoms with Gasteiger partial charge >= 0.3 is 0 Å². The van der Waals surface area contributed by atoms with Gasteiger partial charge in [-0.15, -0.1) is 0 Å². The maximum absolute atomic E-state index is 10.4. The third-order valence-electron chi connectivity index (χ3n) is 5.32. The summed E-state index contributed by atoms with van der Waals surface area (Å²) in [5, 5.41) is 18.1. The lowest BCUT2D eigenvalue weighted by atomic mass is 10.1. The normalized spacial score (nSPS) is 16.8. The number of nitrogens with zero attached hydrogens (tertiary/aromatic N) is 1. The van der Waals surface area contributed by atoms with Crippen molar-refractivity contribution < 1.29 is 14.6 Å². The molecule has 2 aromatic rings. The largest absolute Gasteiger partial charge is 0.493 e. The number of likely N-dealkylation sites (tertiary alicyclic amines) is 1. The lowest BCUT2D eigenvalue weighted by molar-refractivity contribution is 0.0645. The predicted octanol–water partition coefficient (Wildman–Crippen LogP) is 4.05. The lowest BCUT2D eigenvalue weighted by Gasteiger charge is -2.26. The number of benzene rings is 1. The molecule has 6 heteroatoms. The topological polar surface area (TPSA) is 54.0 Å². The van der Waals surface area contributed by atoms with E-state index in [4.69, 9.17) is 9.47 Å². The number of aliphatic hydroxyl groups is 1. The summed E-state index contributed by atoms with van der Waals surface area (Å²) in [7, 11) is 1.65. The van der Waals surface area contributed by atoms with Gasteiger partial charge in [-0.3, -0.25) is 0 Å². The quantitative estimate of drug-likeness (QED) is 0.610. The van der Waals surface area contributed by atoms with Gasteiger partial charge in [0.15, 0.2) is 11.5 Å². The third kappa shape index (κ3) is 7.63. The van der Waals surface area contributed by atoms with Crippen molar-refractivity contribution in [2.45, 2.75) is 51.3 Å². The van der Waals surface area contributed by atoms with Gasteiger partial charge in [0.25, 0.3) is 0 Å². The van der Waals surface area contributed by atoms with Crippen molar-refractivity contribution in [3.63, 3.8) is 0 Å². The highest BCUT2D eigenvalue weighted by atomic mass is 32.1. The molecule has 160 valence electrons. The van der Waals surface area contributed by atoms with Crippen molar-refractivity contribution in [3.05, 3.63) is 46.2 Å². The van der Waals surface area contributed by atoms with E-state index in [0.717, 1.165) is 31.7 Å². The van der Waals surface area contributed by atoms with Gasteiger partial charge in [0.2, 0.25) is 0 Å². The second kappa shape index (κ2) is 12.2. The summed E-state index contributed by atoms with van der Waals surface area (Å²) < 4.78 is 11.4. The van der Waals surface area contributed by atoms with Crippen LogP contribution in [-0.4, -0.2) is 49.5 Å². The molecular weight excluding hydrogens is 384 g/mol. The minimum Gasteiger partial charge on any atom is -0.493 e. The van der Waals surface area contributed by atoms with Crippen LogP contribution >= 0.6 is 11.3 Å². The van der Waals surface area contributed by atoms with Crippen molar-refractivity contribution >= 4 is 11.3 Å². The zero-order valence-electron chi connectivity index (χ0n) is 17.4. The number of rotatable bonds is 10. The van der Waals surface area contributed by atoms with E-state index in [1.165, 1.54) is 37.7 Å². The molecule has 1 aliphatic rings. The van der Waals surface area contributed by atoms with E-state index in [1.807, 2.05) is 18.2 Å². The van der Waals surface area contributed by atoms with Crippen LogP contribution in [0.5, 0.6) is 11.5 Å². The van der Waals surface area contributed by atoms with Crippen molar-refractivity contribution in [1.29, 1.82) is 0 Å². The number of methoxy groups -OCH3 is 1. The van der Waals surface area contributed by atoms with Crippen LogP contribution in [0.2, 0.25) is 0 Å². The summed E-state index contributed by atoms with van der Waals surface area (Å²) in [6.07, 6.45) is 5.90. The molecule has 1 aromatic carbocycles. The number of aliphatic hydroxyl groups excluding tert-OH is 1. The first kappa shape index (κ1) is 22.1. The van der Waals surface area contributed by atoms with E-state index in [1.54, 1.807) is 18.4 Å². The summed E-state index contributed by atoms with van der Waals surface area (Å²) in [5.41, 5.74) is 2.45. The average molecular weight is 419 g/mol. The van der Waals surface area contributed by atoms with E-state index >= 15 is 0 Å². The minimum absolute atomic E-state index is 0.280. The minimum atomic E-state index is -0.494. The van der Waals surface area contributed by atoms with Crippen LogP contribution in [0.3, 0.4) is 0 Å². The van der Waals surface area contributed by atoms with E-state index in [2.05, 4.69) is 27.0 Å². The molecule has 3 rings (SSSR count). The molecule has 2 N–H and O–H groups in total. The maximum atomic E-state index is 10.4. The Labute approximate surface area is 178 Å². The number of thiophene rings is 1. The second-order valence-corrected chi connectivity index (χ2v) is 8.53. The number of hydrogen-bond acceptors (Lipinski definition) is 6. The highest BCUT2D eigenvalue weighted by Crippen LogP contribution is 2.28. The highest BCUT2D eigenvalue weighted by molar-refractivity contribution is 7.07. The Morgan fingerprint density at radius 1 is 1.03 bits per heavy atom. The van der Waals surface area contributed by atoms with Gasteiger partial charge in [0.05, 0.1) is 7.11 Å². The van der Waals surface area contributed by atoms with Gasteiger partial charge in [-0.05, 0) is 66.0 Å². The van der Waals surface area contributed by atoms with Gasteiger partial charge in [-0.1, -0.05) is 25.3 Å². The number of β-amino-alcohol motifs (C(OH)–C–C–N with tert-alkyl or cyclic N) is 1. The molecule has 1 aromatic heterocycles. The van der Waals surface area contributed by atoms with E-state index in [-0.39, 0.29) is 6.61 Å². The number of hydrogen-bond donors (Lipinski definition) is 2. The molecule has 1 atom stereocenters. The van der Waals surface area contributed by atoms with Gasteiger partial charge < -0.3 is 24.8 Å². The highest BCUT2D eigenvalue weighted by Gasteiger charge is 2.15. The Bertz CT molecular complexity index is 700. The van der Waals surface area contributed by atoms with Crippen LogP contribution in [0.4, 0.5) is 0 Å². The molecule has 2 heterocycles. The van der Waals surface area contributed by atoms with Crippen molar-refractivity contribution in [2.24, 2.45) is 0 Å². The first-order valence-electron chi connectivity index (χ1n) is 10.7. The van der Waals surface area contributed by atoms with Gasteiger partial charge in [-0.2, -0.15) is 11.3 Å². The maximum Gasteiger partial charge on any atom is 0.161 e. The van der Waals surface area contributed by atoms with Gasteiger partial charge in [0.1, 0.15) is 12.7 Å². The van der Waals surface area contributed by atoms with Gasteiger partial charge in [0, 0.05) is 19.6 Å². The summed E-state index contributed by atoms with van der Waals surface area (Å²) in [6.45, 7) is 4.73. The molecule has 1 aliphatic heterocycles. The van der Waals surface area contributed by atoms with E-state index in [0.29, 0.717) is 18.0 Å². The molecule has 0 amide bonds. The zero-order chi connectivity index (χ0) is 20.3. The number of nitrogens with one attached hydrogen (secondary N) is 1. The molecular formula is C23H34N2O3S. The fourth-order valence-electron chi connectivity index (χ4n) is 3.72. The Kier molecular flexibility index (Phi) is 9.28. The van der Waals surface area contributed by atoms with Crippen molar-refractivity contribution in [2.75, 3.05) is 33.4 Å². The third-order valence-corrected chi connectivity index (χ3v) is 6.05. The summed E-state index contributed by atoms with van der Waals surface area (Å²) in [5.74, 6) is 1.39. The molecule has 0 unspecified atom stereocenters. The van der Waals surface area contributed by atoms with Gasteiger partial charge in [-0.25, -0.2) is 0 Å². The predicted molar refractivity (Wildman–Crippen MR) is 119 cm³/mol. The van der Waals surface area contributed by atoms with E-state index < -0.39 is 6.10 Å². The fourth-order valence-corrected chi connectivity index (χ4v) is 4.39. The average Bonchev–Trinajstić information content (AvgIpc) is 3.22. The molecule has 1 fully saturated rings. The Morgan fingerprint density at radius 3 is 2.52 bits per heavy atom. The number of ether oxygens (including phenoxy) is 2. The lowest BCUT2D eigenvalue weighted by Crippen LogP contribution is -2.37. The van der Waals surface area contributed by atoms with Crippen LogP contribution in [-0.2, 0) is 13.1 Å². The van der Waals surface area contributed by atoms with Crippen LogP contribution in [0.25, 0.3) is 0 Å².